The number of amides is 1. The van der Waals surface area contributed by atoms with E-state index in [9.17, 15) is 14.7 Å². The number of hydrogen-bond acceptors (Lipinski definition) is 3. The number of carbonyl (C=O) groups excluding carboxylic acids is 2. The molecule has 2 rings (SSSR count). The lowest BCUT2D eigenvalue weighted by molar-refractivity contribution is -0.671. The van der Waals surface area contributed by atoms with Crippen LogP contribution in [-0.2, 0) is 18.3 Å². The molecule has 5 nitrogen and oxygen atoms in total. The van der Waals surface area contributed by atoms with Gasteiger partial charge in [0.05, 0.1) is 0 Å². The Morgan fingerprint density at radius 3 is 2.12 bits per heavy atom. The second-order valence-electron chi connectivity index (χ2n) is 6.50. The van der Waals surface area contributed by atoms with Crippen molar-refractivity contribution in [1.29, 1.82) is 0 Å². The predicted octanol–water partition coefficient (Wildman–Crippen LogP) is 1.35. The summed E-state index contributed by atoms with van der Waals surface area (Å²) in [7, 11) is 1.84. The molecular weight excluding hydrogens is 316 g/mol. The average molecular weight is 342 g/mol. The average Bonchev–Trinajstić information content (AvgIpc) is 2.55. The van der Waals surface area contributed by atoms with Crippen LogP contribution in [0.2, 0.25) is 0 Å². The van der Waals surface area contributed by atoms with Gasteiger partial charge in [-0.1, -0.05) is 45.0 Å². The minimum absolute atomic E-state index is 0.392. The Labute approximate surface area is 149 Å². The van der Waals surface area contributed by atoms with E-state index < -0.39 is 17.8 Å². The third-order valence-corrected chi connectivity index (χ3v) is 3.70. The van der Waals surface area contributed by atoms with Crippen LogP contribution in [0.15, 0.2) is 48.8 Å². The van der Waals surface area contributed by atoms with Crippen molar-refractivity contribution in [3.63, 3.8) is 0 Å². The van der Waals surface area contributed by atoms with Crippen molar-refractivity contribution in [3.8, 4) is 0 Å². The summed E-state index contributed by atoms with van der Waals surface area (Å²) in [5.41, 5.74) is 7.62. The minimum atomic E-state index is -1.02. The number of aromatic nitrogens is 1. The zero-order valence-corrected chi connectivity index (χ0v) is 15.2. The second-order valence-corrected chi connectivity index (χ2v) is 6.50. The number of benzene rings is 1. The van der Waals surface area contributed by atoms with Crippen molar-refractivity contribution in [2.24, 2.45) is 18.7 Å². The van der Waals surface area contributed by atoms with Crippen LogP contribution in [0.4, 0.5) is 0 Å². The molecule has 0 fully saturated rings. The van der Waals surface area contributed by atoms with Gasteiger partial charge in [0.1, 0.15) is 12.6 Å². The van der Waals surface area contributed by atoms with Gasteiger partial charge in [0.15, 0.2) is 12.4 Å². The molecule has 1 unspecified atom stereocenters. The number of rotatable bonds is 5. The molecule has 1 aromatic heterocycles. The maximum absolute atomic E-state index is 10.7. The van der Waals surface area contributed by atoms with Gasteiger partial charge in [0.25, 0.3) is 5.91 Å². The molecule has 0 saturated heterocycles. The number of carboxylic acids is 1. The van der Waals surface area contributed by atoms with Crippen LogP contribution >= 0.6 is 0 Å². The molecule has 0 bridgehead atoms. The molecule has 1 aromatic carbocycles. The Kier molecular flexibility index (Phi) is 7.79. The molecule has 0 aliphatic carbocycles. The number of carbonyl (C=O) groups is 2. The molecule has 0 saturated carbocycles. The van der Waals surface area contributed by atoms with Crippen LogP contribution in [-0.4, -0.2) is 11.9 Å². The molecule has 1 amide bonds. The fourth-order valence-corrected chi connectivity index (χ4v) is 2.28. The van der Waals surface area contributed by atoms with E-state index >= 15 is 0 Å². The topological polar surface area (TPSA) is 87.1 Å². The molecule has 2 N–H and O–H groups in total. The first-order valence-electron chi connectivity index (χ1n) is 8.25. The van der Waals surface area contributed by atoms with Crippen molar-refractivity contribution >= 4 is 11.9 Å². The number of pyridine rings is 1. The van der Waals surface area contributed by atoms with Gasteiger partial charge >= 0.3 is 0 Å². The normalized spacial score (nSPS) is 11.4. The number of hydrogen-bond donors (Lipinski definition) is 1. The fraction of sp³-hybridized carbons (Fsp3) is 0.350. The smallest absolute Gasteiger partial charge is 0.254 e. The Morgan fingerprint density at radius 1 is 1.12 bits per heavy atom. The quantitative estimate of drug-likeness (QED) is 0.832. The SMILES string of the molecule is CC(C)Cc1ccc(C(C)C(=O)[O-])cc1.C[n+]1cccc(C(N)=O)c1. The number of primary amides is 1. The van der Waals surface area contributed by atoms with Crippen molar-refractivity contribution in [2.45, 2.75) is 33.1 Å². The number of aryl methyl sites for hydroxylation is 1. The van der Waals surface area contributed by atoms with Crippen molar-refractivity contribution in [2.75, 3.05) is 0 Å². The standard InChI is InChI=1S/C13H18O2.C7H8N2O/c1-9(2)8-11-4-6-12(7-5-11)10(3)13(14)15;1-9-4-2-3-6(5-9)7(8)10/h4-7,9-10H,8H2,1-3H3,(H,14,15);2-5H,1H3,(H-,8,10). The molecule has 1 atom stereocenters. The highest BCUT2D eigenvalue weighted by atomic mass is 16.4. The molecule has 0 radical (unpaired) electrons. The summed E-state index contributed by atoms with van der Waals surface area (Å²) in [6.07, 6.45) is 4.55. The van der Waals surface area contributed by atoms with Gasteiger partial charge in [-0.2, -0.15) is 0 Å². The lowest BCUT2D eigenvalue weighted by atomic mass is 9.97. The van der Waals surface area contributed by atoms with Crippen LogP contribution in [0.1, 0.15) is 48.2 Å². The van der Waals surface area contributed by atoms with E-state index in [0.29, 0.717) is 11.5 Å². The lowest BCUT2D eigenvalue weighted by Gasteiger charge is -2.13. The Balaban J connectivity index is 0.000000271. The molecule has 1 heterocycles. The summed E-state index contributed by atoms with van der Waals surface area (Å²) in [4.78, 5) is 21.2. The number of aliphatic carboxylic acids is 1. The van der Waals surface area contributed by atoms with Gasteiger partial charge < -0.3 is 15.6 Å². The van der Waals surface area contributed by atoms with Crippen molar-refractivity contribution in [3.05, 3.63) is 65.5 Å². The van der Waals surface area contributed by atoms with E-state index in [0.717, 1.165) is 12.0 Å². The van der Waals surface area contributed by atoms with Crippen LogP contribution in [0, 0.1) is 5.92 Å². The first kappa shape index (κ1) is 20.4. The monoisotopic (exact) mass is 342 g/mol. The third kappa shape index (κ3) is 7.16. The zero-order chi connectivity index (χ0) is 19.0. The molecule has 0 aliphatic rings. The summed E-state index contributed by atoms with van der Waals surface area (Å²) >= 11 is 0. The van der Waals surface area contributed by atoms with Gasteiger partial charge in [-0.3, -0.25) is 4.79 Å². The second kappa shape index (κ2) is 9.57. The Morgan fingerprint density at radius 2 is 1.72 bits per heavy atom. The predicted molar refractivity (Wildman–Crippen MR) is 94.5 cm³/mol. The first-order chi connectivity index (χ1) is 11.7. The van der Waals surface area contributed by atoms with Gasteiger partial charge in [-0.15, -0.1) is 0 Å². The van der Waals surface area contributed by atoms with E-state index in [2.05, 4.69) is 13.8 Å². The fourth-order valence-electron chi connectivity index (χ4n) is 2.28. The lowest BCUT2D eigenvalue weighted by Crippen LogP contribution is -2.28. The Bertz CT molecular complexity index is 709. The van der Waals surface area contributed by atoms with Crippen molar-refractivity contribution < 1.29 is 19.3 Å². The number of carboxylic acid groups (broad SMARTS) is 1. The van der Waals surface area contributed by atoms with E-state index in [1.54, 1.807) is 29.8 Å². The van der Waals surface area contributed by atoms with Crippen LogP contribution in [0.3, 0.4) is 0 Å². The molecule has 134 valence electrons. The van der Waals surface area contributed by atoms with Gasteiger partial charge in [0.2, 0.25) is 0 Å². The van der Waals surface area contributed by atoms with E-state index in [1.165, 1.54) is 5.56 Å². The summed E-state index contributed by atoms with van der Waals surface area (Å²) in [5, 5.41) is 10.7. The molecule has 0 aliphatic heterocycles. The minimum Gasteiger partial charge on any atom is -0.550 e. The highest BCUT2D eigenvalue weighted by Crippen LogP contribution is 2.16. The molecule has 5 heteroatoms. The maximum atomic E-state index is 10.7. The van der Waals surface area contributed by atoms with Crippen molar-refractivity contribution in [1.82, 2.24) is 0 Å². The summed E-state index contributed by atoms with van der Waals surface area (Å²) in [6.45, 7) is 5.97. The molecule has 2 aromatic rings. The summed E-state index contributed by atoms with van der Waals surface area (Å²) < 4.78 is 1.78. The third-order valence-electron chi connectivity index (χ3n) is 3.70. The van der Waals surface area contributed by atoms with Crippen LogP contribution in [0.25, 0.3) is 0 Å². The Hall–Kier alpha value is -2.69. The van der Waals surface area contributed by atoms with Gasteiger partial charge in [0, 0.05) is 18.0 Å². The summed E-state index contributed by atoms with van der Waals surface area (Å²) in [6, 6.07) is 11.2. The molecule has 0 spiro atoms. The summed E-state index contributed by atoms with van der Waals surface area (Å²) in [5.74, 6) is -1.32. The number of nitrogens with two attached hydrogens (primary N) is 1. The van der Waals surface area contributed by atoms with Crippen LogP contribution in [0.5, 0.6) is 0 Å². The largest absolute Gasteiger partial charge is 0.550 e. The number of nitrogens with zero attached hydrogens (tertiary/aromatic N) is 1. The van der Waals surface area contributed by atoms with E-state index in [1.807, 2.05) is 37.5 Å². The van der Waals surface area contributed by atoms with Crippen LogP contribution < -0.4 is 15.4 Å². The van der Waals surface area contributed by atoms with Gasteiger partial charge in [-0.05, 0) is 29.5 Å². The highest BCUT2D eigenvalue weighted by Gasteiger charge is 2.06. The molecular formula is C20H26N2O3. The molecule has 25 heavy (non-hydrogen) atoms. The van der Waals surface area contributed by atoms with Gasteiger partial charge in [-0.25, -0.2) is 4.57 Å². The van der Waals surface area contributed by atoms with E-state index in [4.69, 9.17) is 5.73 Å². The van der Waals surface area contributed by atoms with E-state index in [-0.39, 0.29) is 0 Å². The maximum Gasteiger partial charge on any atom is 0.254 e. The first-order valence-corrected chi connectivity index (χ1v) is 8.25. The highest BCUT2D eigenvalue weighted by molar-refractivity contribution is 5.92. The zero-order valence-electron chi connectivity index (χ0n) is 15.2.